The molecule has 7 nitrogen and oxygen atoms in total. The molecule has 0 bridgehead atoms. The van der Waals surface area contributed by atoms with Crippen LogP contribution in [-0.4, -0.2) is 32.7 Å². The normalized spacial score (nSPS) is 16.2. The molecule has 110 valence electrons. The molecule has 0 unspecified atom stereocenters. The first-order valence-corrected chi connectivity index (χ1v) is 6.68. The number of carbonyl (C=O) groups is 2. The second-order valence-electron chi connectivity index (χ2n) is 5.27. The number of hydrogen-bond acceptors (Lipinski definition) is 4. The molecule has 2 heterocycles. The number of rotatable bonds is 4. The van der Waals surface area contributed by atoms with E-state index < -0.39 is 17.4 Å². The minimum absolute atomic E-state index is 0.145. The van der Waals surface area contributed by atoms with Crippen molar-refractivity contribution in [1.82, 2.24) is 15.5 Å². The van der Waals surface area contributed by atoms with Crippen LogP contribution < -0.4 is 5.32 Å². The molecule has 3 N–H and O–H groups in total. The highest BCUT2D eigenvalue weighted by atomic mass is 16.4. The number of amides is 1. The Morgan fingerprint density at radius 1 is 1.43 bits per heavy atom. The van der Waals surface area contributed by atoms with Crippen LogP contribution in [0, 0.1) is 6.92 Å². The molecule has 0 spiro atoms. The summed E-state index contributed by atoms with van der Waals surface area (Å²) in [7, 11) is 0. The number of nitrogens with zero attached hydrogens (tertiary/aromatic N) is 1. The minimum Gasteiger partial charge on any atom is -0.480 e. The fourth-order valence-electron chi connectivity index (χ4n) is 2.35. The molecular formula is C14H15N3O4. The van der Waals surface area contributed by atoms with Gasteiger partial charge in [0.25, 0.3) is 5.91 Å². The number of aryl methyl sites for hydroxylation is 1. The van der Waals surface area contributed by atoms with Crippen molar-refractivity contribution in [3.63, 3.8) is 0 Å². The minimum atomic E-state index is -1.14. The number of carboxylic acid groups (broad SMARTS) is 1. The van der Waals surface area contributed by atoms with Crippen molar-refractivity contribution in [3.05, 3.63) is 29.7 Å². The number of aromatic nitrogens is 2. The van der Waals surface area contributed by atoms with Crippen LogP contribution >= 0.6 is 0 Å². The topological polar surface area (TPSA) is 108 Å². The Bertz CT molecular complexity index is 697. The molecule has 0 atom stereocenters. The lowest BCUT2D eigenvalue weighted by atomic mass is 9.76. The quantitative estimate of drug-likeness (QED) is 0.794. The first kappa shape index (κ1) is 13.4. The third kappa shape index (κ3) is 2.31. The van der Waals surface area contributed by atoms with E-state index in [0.717, 1.165) is 12.2 Å². The highest BCUT2D eigenvalue weighted by Crippen LogP contribution is 2.32. The zero-order valence-corrected chi connectivity index (χ0v) is 11.5. The van der Waals surface area contributed by atoms with Gasteiger partial charge >= 0.3 is 5.97 Å². The van der Waals surface area contributed by atoms with Gasteiger partial charge in [-0.1, -0.05) is 0 Å². The van der Waals surface area contributed by atoms with Gasteiger partial charge in [-0.15, -0.1) is 0 Å². The van der Waals surface area contributed by atoms with Gasteiger partial charge in [0.05, 0.1) is 0 Å². The predicted octanol–water partition coefficient (Wildman–Crippen LogP) is 1.72. The van der Waals surface area contributed by atoms with Crippen LogP contribution in [0.25, 0.3) is 11.5 Å². The van der Waals surface area contributed by atoms with Gasteiger partial charge in [0.1, 0.15) is 17.0 Å². The van der Waals surface area contributed by atoms with Gasteiger partial charge < -0.3 is 14.8 Å². The summed E-state index contributed by atoms with van der Waals surface area (Å²) in [6.07, 6.45) is 1.69. The SMILES string of the molecule is Cc1ccc(-c2cc(C(=O)NC3(C(=O)O)CCC3)n[nH]2)o1. The molecule has 1 amide bonds. The monoisotopic (exact) mass is 289 g/mol. The van der Waals surface area contributed by atoms with Crippen LogP contribution in [0.4, 0.5) is 0 Å². The molecule has 2 aromatic heterocycles. The third-order valence-electron chi connectivity index (χ3n) is 3.79. The van der Waals surface area contributed by atoms with Gasteiger partial charge in [0, 0.05) is 6.07 Å². The molecule has 7 heteroatoms. The van der Waals surface area contributed by atoms with E-state index in [1.54, 1.807) is 12.1 Å². The van der Waals surface area contributed by atoms with E-state index in [9.17, 15) is 14.7 Å². The summed E-state index contributed by atoms with van der Waals surface area (Å²) in [5.74, 6) is -0.164. The van der Waals surface area contributed by atoms with E-state index in [1.165, 1.54) is 0 Å². The first-order valence-electron chi connectivity index (χ1n) is 6.68. The van der Waals surface area contributed by atoms with E-state index in [-0.39, 0.29) is 5.69 Å². The summed E-state index contributed by atoms with van der Waals surface area (Å²) < 4.78 is 5.44. The van der Waals surface area contributed by atoms with E-state index >= 15 is 0 Å². The van der Waals surface area contributed by atoms with Gasteiger partial charge in [-0.25, -0.2) is 4.79 Å². The predicted molar refractivity (Wildman–Crippen MR) is 72.7 cm³/mol. The molecule has 0 radical (unpaired) electrons. The fraction of sp³-hybridized carbons (Fsp3) is 0.357. The van der Waals surface area contributed by atoms with Crippen LogP contribution in [0.3, 0.4) is 0 Å². The van der Waals surface area contributed by atoms with Gasteiger partial charge in [0.15, 0.2) is 11.5 Å². The summed E-state index contributed by atoms with van der Waals surface area (Å²) >= 11 is 0. The lowest BCUT2D eigenvalue weighted by Crippen LogP contribution is -2.59. The highest BCUT2D eigenvalue weighted by molar-refractivity contribution is 5.97. The number of H-pyrrole nitrogens is 1. The summed E-state index contributed by atoms with van der Waals surface area (Å²) in [6, 6.07) is 5.13. The maximum atomic E-state index is 12.1. The second kappa shape index (κ2) is 4.76. The van der Waals surface area contributed by atoms with E-state index in [1.807, 2.05) is 13.0 Å². The van der Waals surface area contributed by atoms with Crippen LogP contribution in [-0.2, 0) is 4.79 Å². The van der Waals surface area contributed by atoms with Crippen molar-refractivity contribution in [2.24, 2.45) is 0 Å². The molecular weight excluding hydrogens is 274 g/mol. The van der Waals surface area contributed by atoms with Crippen molar-refractivity contribution >= 4 is 11.9 Å². The summed E-state index contributed by atoms with van der Waals surface area (Å²) in [6.45, 7) is 1.82. The Kier molecular flexibility index (Phi) is 3.04. The Balaban J connectivity index is 1.77. The van der Waals surface area contributed by atoms with E-state index in [4.69, 9.17) is 4.42 Å². The molecule has 0 aromatic carbocycles. The third-order valence-corrected chi connectivity index (χ3v) is 3.79. The number of aromatic amines is 1. The lowest BCUT2D eigenvalue weighted by Gasteiger charge is -2.37. The highest BCUT2D eigenvalue weighted by Gasteiger charge is 2.46. The van der Waals surface area contributed by atoms with Crippen LogP contribution in [0.5, 0.6) is 0 Å². The smallest absolute Gasteiger partial charge is 0.329 e. The molecule has 1 aliphatic rings. The lowest BCUT2D eigenvalue weighted by molar-refractivity contribution is -0.148. The first-order chi connectivity index (χ1) is 10.00. The van der Waals surface area contributed by atoms with Crippen molar-refractivity contribution in [3.8, 4) is 11.5 Å². The average Bonchev–Trinajstić information content (AvgIpc) is 3.01. The number of carbonyl (C=O) groups excluding carboxylic acids is 1. The van der Waals surface area contributed by atoms with Gasteiger partial charge in [0.2, 0.25) is 0 Å². The average molecular weight is 289 g/mol. The zero-order valence-electron chi connectivity index (χ0n) is 11.5. The zero-order chi connectivity index (χ0) is 15.0. The van der Waals surface area contributed by atoms with Gasteiger partial charge in [-0.3, -0.25) is 9.89 Å². The largest absolute Gasteiger partial charge is 0.480 e. The summed E-state index contributed by atoms with van der Waals surface area (Å²) in [5, 5.41) is 18.4. The van der Waals surface area contributed by atoms with E-state index in [0.29, 0.717) is 24.3 Å². The summed E-state index contributed by atoms with van der Waals surface area (Å²) in [4.78, 5) is 23.4. The Morgan fingerprint density at radius 2 is 2.19 bits per heavy atom. The molecule has 1 saturated carbocycles. The number of hydrogen-bond donors (Lipinski definition) is 3. The van der Waals surface area contributed by atoms with Gasteiger partial charge in [-0.05, 0) is 38.3 Å². The van der Waals surface area contributed by atoms with Gasteiger partial charge in [-0.2, -0.15) is 5.10 Å². The molecule has 3 rings (SSSR count). The second-order valence-corrected chi connectivity index (χ2v) is 5.27. The maximum absolute atomic E-state index is 12.1. The van der Waals surface area contributed by atoms with Crippen molar-refractivity contribution in [1.29, 1.82) is 0 Å². The van der Waals surface area contributed by atoms with Crippen LogP contribution in [0.2, 0.25) is 0 Å². The maximum Gasteiger partial charge on any atom is 0.329 e. The molecule has 21 heavy (non-hydrogen) atoms. The number of nitrogens with one attached hydrogen (secondary N) is 2. The van der Waals surface area contributed by atoms with Crippen LogP contribution in [0.1, 0.15) is 35.5 Å². The Hall–Kier alpha value is -2.57. The molecule has 2 aromatic rings. The number of carboxylic acids is 1. The van der Waals surface area contributed by atoms with Crippen molar-refractivity contribution < 1.29 is 19.1 Å². The standard InChI is InChI=1S/C14H15N3O4/c1-8-3-4-11(21-8)9-7-10(17-16-9)12(18)15-14(13(19)20)5-2-6-14/h3-4,7H,2,5-6H2,1H3,(H,15,18)(H,16,17)(H,19,20). The van der Waals surface area contributed by atoms with Crippen molar-refractivity contribution in [2.75, 3.05) is 0 Å². The summed E-state index contributed by atoms with van der Waals surface area (Å²) in [5.41, 5.74) is -0.421. The Morgan fingerprint density at radius 3 is 2.71 bits per heavy atom. The molecule has 0 saturated heterocycles. The van der Waals surface area contributed by atoms with E-state index in [2.05, 4.69) is 15.5 Å². The fourth-order valence-corrected chi connectivity index (χ4v) is 2.35. The molecule has 1 fully saturated rings. The van der Waals surface area contributed by atoms with Crippen LogP contribution in [0.15, 0.2) is 22.6 Å². The molecule has 1 aliphatic carbocycles. The Labute approximate surface area is 120 Å². The number of aliphatic carboxylic acids is 1. The van der Waals surface area contributed by atoms with Crippen molar-refractivity contribution in [2.45, 2.75) is 31.7 Å². The number of furan rings is 1. The molecule has 0 aliphatic heterocycles.